The average molecular weight is 407 g/mol. The van der Waals surface area contributed by atoms with E-state index in [1.165, 1.54) is 23.9 Å². The van der Waals surface area contributed by atoms with Crippen LogP contribution in [-0.4, -0.2) is 9.55 Å². The van der Waals surface area contributed by atoms with Gasteiger partial charge in [-0.3, -0.25) is 9.36 Å². The standard InChI is InChI=1S/C18H16BrFN2OS/c1-3-22-17(23)15-10-13(19)6-9-16(15)21-18(22)24-11(2)12-4-7-14(20)8-5-12/h4-11H,3H2,1-2H3. The van der Waals surface area contributed by atoms with Gasteiger partial charge in [-0.05, 0) is 49.7 Å². The predicted octanol–water partition coefficient (Wildman–Crippen LogP) is 5.17. The van der Waals surface area contributed by atoms with Crippen LogP contribution < -0.4 is 5.56 Å². The summed E-state index contributed by atoms with van der Waals surface area (Å²) in [4.78, 5) is 17.4. The highest BCUT2D eigenvalue weighted by atomic mass is 79.9. The zero-order chi connectivity index (χ0) is 17.3. The van der Waals surface area contributed by atoms with E-state index in [0.29, 0.717) is 22.6 Å². The quantitative estimate of drug-likeness (QED) is 0.442. The second-order valence-electron chi connectivity index (χ2n) is 5.42. The summed E-state index contributed by atoms with van der Waals surface area (Å²) in [6.45, 7) is 4.50. The summed E-state index contributed by atoms with van der Waals surface area (Å²) in [7, 11) is 0. The fourth-order valence-corrected chi connectivity index (χ4v) is 3.96. The second-order valence-corrected chi connectivity index (χ2v) is 7.64. The number of benzene rings is 2. The van der Waals surface area contributed by atoms with Crippen molar-refractivity contribution in [1.82, 2.24) is 9.55 Å². The fraction of sp³-hybridized carbons (Fsp3) is 0.222. The molecule has 0 amide bonds. The molecular weight excluding hydrogens is 391 g/mol. The molecule has 3 rings (SSSR count). The summed E-state index contributed by atoms with van der Waals surface area (Å²) in [6, 6.07) is 11.9. The van der Waals surface area contributed by atoms with E-state index in [1.54, 1.807) is 22.8 Å². The summed E-state index contributed by atoms with van der Waals surface area (Å²) in [6.07, 6.45) is 0. The van der Waals surface area contributed by atoms with E-state index in [4.69, 9.17) is 0 Å². The monoisotopic (exact) mass is 406 g/mol. The highest BCUT2D eigenvalue weighted by Crippen LogP contribution is 2.34. The molecule has 0 saturated heterocycles. The highest BCUT2D eigenvalue weighted by molar-refractivity contribution is 9.10. The molecule has 0 spiro atoms. The maximum absolute atomic E-state index is 13.1. The van der Waals surface area contributed by atoms with Crippen LogP contribution >= 0.6 is 27.7 Å². The lowest BCUT2D eigenvalue weighted by atomic mass is 10.2. The molecule has 0 aliphatic heterocycles. The van der Waals surface area contributed by atoms with Crippen molar-refractivity contribution in [2.75, 3.05) is 0 Å². The van der Waals surface area contributed by atoms with Crippen molar-refractivity contribution in [1.29, 1.82) is 0 Å². The Hall–Kier alpha value is -1.66. The molecule has 24 heavy (non-hydrogen) atoms. The molecule has 1 heterocycles. The first-order chi connectivity index (χ1) is 11.5. The minimum atomic E-state index is -0.254. The minimum absolute atomic E-state index is 0.0439. The normalized spacial score (nSPS) is 12.5. The van der Waals surface area contributed by atoms with E-state index in [2.05, 4.69) is 20.9 Å². The van der Waals surface area contributed by atoms with Gasteiger partial charge in [0.1, 0.15) is 5.82 Å². The molecule has 0 N–H and O–H groups in total. The van der Waals surface area contributed by atoms with Gasteiger partial charge in [-0.25, -0.2) is 9.37 Å². The van der Waals surface area contributed by atoms with Gasteiger partial charge in [0, 0.05) is 16.3 Å². The van der Waals surface area contributed by atoms with E-state index >= 15 is 0 Å². The van der Waals surface area contributed by atoms with Crippen LogP contribution in [0.1, 0.15) is 24.7 Å². The number of hydrogen-bond donors (Lipinski definition) is 0. The van der Waals surface area contributed by atoms with Gasteiger partial charge < -0.3 is 0 Å². The molecule has 2 aromatic carbocycles. The first kappa shape index (κ1) is 17.2. The Morgan fingerprint density at radius 1 is 1.25 bits per heavy atom. The Morgan fingerprint density at radius 3 is 2.62 bits per heavy atom. The summed E-state index contributed by atoms with van der Waals surface area (Å²) >= 11 is 4.90. The average Bonchev–Trinajstić information content (AvgIpc) is 2.56. The molecule has 3 nitrogen and oxygen atoms in total. The SMILES string of the molecule is CCn1c(SC(C)c2ccc(F)cc2)nc2ccc(Br)cc2c1=O. The van der Waals surface area contributed by atoms with Crippen LogP contribution in [0.25, 0.3) is 10.9 Å². The third-order valence-electron chi connectivity index (χ3n) is 3.82. The van der Waals surface area contributed by atoms with Crippen LogP contribution in [0, 0.1) is 5.82 Å². The topological polar surface area (TPSA) is 34.9 Å². The van der Waals surface area contributed by atoms with Crippen molar-refractivity contribution in [3.63, 3.8) is 0 Å². The van der Waals surface area contributed by atoms with Crippen LogP contribution in [0.5, 0.6) is 0 Å². The maximum Gasteiger partial charge on any atom is 0.262 e. The van der Waals surface area contributed by atoms with Crippen molar-refractivity contribution in [2.45, 2.75) is 30.8 Å². The number of fused-ring (bicyclic) bond motifs is 1. The molecule has 0 radical (unpaired) electrons. The van der Waals surface area contributed by atoms with Crippen LogP contribution in [0.3, 0.4) is 0 Å². The molecule has 0 aliphatic carbocycles. The minimum Gasteiger partial charge on any atom is -0.287 e. The maximum atomic E-state index is 13.1. The lowest BCUT2D eigenvalue weighted by Crippen LogP contribution is -2.22. The first-order valence-corrected chi connectivity index (χ1v) is 9.29. The van der Waals surface area contributed by atoms with Crippen LogP contribution in [0.15, 0.2) is 56.9 Å². The van der Waals surface area contributed by atoms with Crippen molar-refractivity contribution in [2.24, 2.45) is 0 Å². The highest BCUT2D eigenvalue weighted by Gasteiger charge is 2.15. The summed E-state index contributed by atoms with van der Waals surface area (Å²) in [5, 5.41) is 1.34. The molecule has 3 aromatic rings. The Labute approximate surface area is 152 Å². The molecule has 0 aliphatic rings. The largest absolute Gasteiger partial charge is 0.287 e. The van der Waals surface area contributed by atoms with Crippen molar-refractivity contribution < 1.29 is 4.39 Å². The molecule has 0 saturated carbocycles. The molecule has 1 aromatic heterocycles. The lowest BCUT2D eigenvalue weighted by Gasteiger charge is -2.15. The number of thioether (sulfide) groups is 1. The van der Waals surface area contributed by atoms with E-state index in [-0.39, 0.29) is 16.6 Å². The van der Waals surface area contributed by atoms with Gasteiger partial charge in [-0.2, -0.15) is 0 Å². The molecule has 0 bridgehead atoms. The second kappa shape index (κ2) is 7.07. The Morgan fingerprint density at radius 2 is 1.96 bits per heavy atom. The number of aromatic nitrogens is 2. The molecule has 1 unspecified atom stereocenters. The van der Waals surface area contributed by atoms with Gasteiger partial charge in [0.15, 0.2) is 5.16 Å². The van der Waals surface area contributed by atoms with Gasteiger partial charge in [0.2, 0.25) is 0 Å². The Balaban J connectivity index is 2.03. The zero-order valence-corrected chi connectivity index (χ0v) is 15.7. The summed E-state index contributed by atoms with van der Waals surface area (Å²) in [5.41, 5.74) is 1.63. The third kappa shape index (κ3) is 3.39. The first-order valence-electron chi connectivity index (χ1n) is 7.62. The Kier molecular flexibility index (Phi) is 5.06. The van der Waals surface area contributed by atoms with Gasteiger partial charge in [0.25, 0.3) is 5.56 Å². The number of halogens is 2. The van der Waals surface area contributed by atoms with Gasteiger partial charge in [-0.15, -0.1) is 0 Å². The smallest absolute Gasteiger partial charge is 0.262 e. The fourth-order valence-electron chi connectivity index (χ4n) is 2.50. The predicted molar refractivity (Wildman–Crippen MR) is 100 cm³/mol. The van der Waals surface area contributed by atoms with Crippen molar-refractivity contribution >= 4 is 38.6 Å². The van der Waals surface area contributed by atoms with Gasteiger partial charge in [-0.1, -0.05) is 39.8 Å². The number of nitrogens with zero attached hydrogens (tertiary/aromatic N) is 2. The molecule has 6 heteroatoms. The van der Waals surface area contributed by atoms with E-state index in [9.17, 15) is 9.18 Å². The van der Waals surface area contributed by atoms with Crippen LogP contribution in [0.2, 0.25) is 0 Å². The van der Waals surface area contributed by atoms with E-state index in [0.717, 1.165) is 10.0 Å². The molecule has 1 atom stereocenters. The van der Waals surface area contributed by atoms with Crippen LogP contribution in [0.4, 0.5) is 4.39 Å². The van der Waals surface area contributed by atoms with Crippen LogP contribution in [-0.2, 0) is 6.54 Å². The van der Waals surface area contributed by atoms with E-state index in [1.807, 2.05) is 26.0 Å². The lowest BCUT2D eigenvalue weighted by molar-refractivity contribution is 0.626. The van der Waals surface area contributed by atoms with Gasteiger partial charge >= 0.3 is 0 Å². The summed E-state index contributed by atoms with van der Waals surface area (Å²) in [5.74, 6) is -0.254. The summed E-state index contributed by atoms with van der Waals surface area (Å²) < 4.78 is 15.6. The van der Waals surface area contributed by atoms with E-state index < -0.39 is 0 Å². The number of rotatable bonds is 4. The molecule has 124 valence electrons. The zero-order valence-electron chi connectivity index (χ0n) is 13.3. The third-order valence-corrected chi connectivity index (χ3v) is 5.46. The molecular formula is C18H16BrFN2OS. The van der Waals surface area contributed by atoms with Crippen molar-refractivity contribution in [3.8, 4) is 0 Å². The van der Waals surface area contributed by atoms with Gasteiger partial charge in [0.05, 0.1) is 10.9 Å². The Bertz CT molecular complexity index is 940. The number of hydrogen-bond acceptors (Lipinski definition) is 3. The van der Waals surface area contributed by atoms with Crippen molar-refractivity contribution in [3.05, 3.63) is 68.7 Å². The molecule has 0 fully saturated rings.